The lowest BCUT2D eigenvalue weighted by Gasteiger charge is -2.31. The van der Waals surface area contributed by atoms with E-state index in [2.05, 4.69) is 5.32 Å². The van der Waals surface area contributed by atoms with Crippen LogP contribution in [0.25, 0.3) is 0 Å². The Hall–Kier alpha value is -0.970. The van der Waals surface area contributed by atoms with Gasteiger partial charge in [-0.1, -0.05) is 11.6 Å². The number of halogens is 2. The predicted octanol–water partition coefficient (Wildman–Crippen LogP) is 2.74. The molecule has 4 nitrogen and oxygen atoms in total. The number of piperidine rings is 1. The van der Waals surface area contributed by atoms with Gasteiger partial charge < -0.3 is 15.0 Å². The number of carbonyl (C=O) groups is 1. The molecule has 6 heteroatoms. The van der Waals surface area contributed by atoms with Gasteiger partial charge in [0.15, 0.2) is 0 Å². The van der Waals surface area contributed by atoms with E-state index in [1.54, 1.807) is 12.1 Å². The Morgan fingerprint density at radius 2 is 1.95 bits per heavy atom. The standard InChI is InChI=1S/C15H21ClN2O2.ClH/c1-18(13-6-9-17-10-7-13)15(19)8-11-20-14-4-2-12(16)3-5-14;/h2-5,13,17H,6-11H2,1H3;1H. The fourth-order valence-corrected chi connectivity index (χ4v) is 2.49. The highest BCUT2D eigenvalue weighted by Crippen LogP contribution is 2.16. The summed E-state index contributed by atoms with van der Waals surface area (Å²) in [6, 6.07) is 7.53. The molecule has 118 valence electrons. The highest BCUT2D eigenvalue weighted by Gasteiger charge is 2.21. The number of amides is 1. The van der Waals surface area contributed by atoms with Crippen LogP contribution in [0.1, 0.15) is 19.3 Å². The lowest BCUT2D eigenvalue weighted by molar-refractivity contribution is -0.132. The van der Waals surface area contributed by atoms with Crippen molar-refractivity contribution in [3.05, 3.63) is 29.3 Å². The van der Waals surface area contributed by atoms with Crippen LogP contribution in [0.3, 0.4) is 0 Å². The number of carbonyl (C=O) groups excluding carboxylic acids is 1. The van der Waals surface area contributed by atoms with E-state index in [1.165, 1.54) is 0 Å². The molecule has 1 saturated heterocycles. The first-order valence-corrected chi connectivity index (χ1v) is 7.39. The summed E-state index contributed by atoms with van der Waals surface area (Å²) in [5, 5.41) is 3.98. The molecule has 0 aliphatic carbocycles. The maximum absolute atomic E-state index is 12.1. The van der Waals surface area contributed by atoms with E-state index in [0.29, 0.717) is 24.1 Å². The third-order valence-electron chi connectivity index (χ3n) is 3.65. The molecular formula is C15H22Cl2N2O2. The van der Waals surface area contributed by atoms with Crippen LogP contribution in [0, 0.1) is 0 Å². The number of ether oxygens (including phenoxy) is 1. The van der Waals surface area contributed by atoms with Gasteiger partial charge in [-0.3, -0.25) is 4.79 Å². The quantitative estimate of drug-likeness (QED) is 0.901. The van der Waals surface area contributed by atoms with Gasteiger partial charge in [0.25, 0.3) is 0 Å². The van der Waals surface area contributed by atoms with Crippen LogP contribution in [0.15, 0.2) is 24.3 Å². The second-order valence-corrected chi connectivity index (χ2v) is 5.47. The van der Waals surface area contributed by atoms with Crippen LogP contribution in [0.2, 0.25) is 5.02 Å². The van der Waals surface area contributed by atoms with Crippen LogP contribution in [0.5, 0.6) is 5.75 Å². The van der Waals surface area contributed by atoms with Crippen molar-refractivity contribution in [2.75, 3.05) is 26.7 Å². The topological polar surface area (TPSA) is 41.6 Å². The molecule has 1 aliphatic rings. The van der Waals surface area contributed by atoms with Crippen molar-refractivity contribution in [3.63, 3.8) is 0 Å². The lowest BCUT2D eigenvalue weighted by Crippen LogP contribution is -2.44. The number of nitrogens with zero attached hydrogens (tertiary/aromatic N) is 1. The monoisotopic (exact) mass is 332 g/mol. The van der Waals surface area contributed by atoms with Crippen molar-refractivity contribution in [1.29, 1.82) is 0 Å². The summed E-state index contributed by atoms with van der Waals surface area (Å²) in [7, 11) is 1.89. The van der Waals surface area contributed by atoms with Crippen LogP contribution in [-0.4, -0.2) is 43.6 Å². The Morgan fingerprint density at radius 1 is 1.33 bits per heavy atom. The molecule has 0 atom stereocenters. The Labute approximate surface area is 137 Å². The summed E-state index contributed by atoms with van der Waals surface area (Å²) in [5.41, 5.74) is 0. The minimum atomic E-state index is 0. The summed E-state index contributed by atoms with van der Waals surface area (Å²) in [5.74, 6) is 0.887. The zero-order chi connectivity index (χ0) is 14.4. The molecule has 1 heterocycles. The molecule has 0 spiro atoms. The zero-order valence-electron chi connectivity index (χ0n) is 12.2. The van der Waals surface area contributed by atoms with Crippen molar-refractivity contribution >= 4 is 29.9 Å². The second kappa shape index (κ2) is 9.13. The van der Waals surface area contributed by atoms with Crippen LogP contribution in [0.4, 0.5) is 0 Å². The van der Waals surface area contributed by atoms with Gasteiger partial charge in [0.05, 0.1) is 13.0 Å². The van der Waals surface area contributed by atoms with Crippen molar-refractivity contribution in [2.45, 2.75) is 25.3 Å². The summed E-state index contributed by atoms with van der Waals surface area (Å²) in [6.07, 6.45) is 2.46. The van der Waals surface area contributed by atoms with E-state index in [-0.39, 0.29) is 18.3 Å². The number of hydrogen-bond acceptors (Lipinski definition) is 3. The Bertz CT molecular complexity index is 434. The molecule has 1 aromatic rings. The maximum atomic E-state index is 12.1. The minimum absolute atomic E-state index is 0. The molecule has 21 heavy (non-hydrogen) atoms. The zero-order valence-corrected chi connectivity index (χ0v) is 13.8. The van der Waals surface area contributed by atoms with Gasteiger partial charge in [-0.05, 0) is 50.2 Å². The number of hydrogen-bond donors (Lipinski definition) is 1. The fraction of sp³-hybridized carbons (Fsp3) is 0.533. The van der Waals surface area contributed by atoms with Crippen LogP contribution < -0.4 is 10.1 Å². The molecule has 0 bridgehead atoms. The van der Waals surface area contributed by atoms with E-state index in [0.717, 1.165) is 31.7 Å². The van der Waals surface area contributed by atoms with Crippen molar-refractivity contribution in [3.8, 4) is 5.75 Å². The molecule has 1 aromatic carbocycles. The molecule has 1 aliphatic heterocycles. The van der Waals surface area contributed by atoms with E-state index in [9.17, 15) is 4.79 Å². The van der Waals surface area contributed by atoms with Gasteiger partial charge in [0.1, 0.15) is 5.75 Å². The first kappa shape index (κ1) is 18.1. The van der Waals surface area contributed by atoms with Gasteiger partial charge in [0.2, 0.25) is 5.91 Å². The molecule has 0 radical (unpaired) electrons. The average Bonchev–Trinajstić information content (AvgIpc) is 2.49. The Morgan fingerprint density at radius 3 is 2.57 bits per heavy atom. The highest BCUT2D eigenvalue weighted by molar-refractivity contribution is 6.30. The van der Waals surface area contributed by atoms with Gasteiger partial charge in [-0.25, -0.2) is 0 Å². The smallest absolute Gasteiger partial charge is 0.225 e. The van der Waals surface area contributed by atoms with E-state index >= 15 is 0 Å². The number of nitrogens with one attached hydrogen (secondary N) is 1. The molecule has 1 fully saturated rings. The minimum Gasteiger partial charge on any atom is -0.493 e. The summed E-state index contributed by atoms with van der Waals surface area (Å²) >= 11 is 5.80. The maximum Gasteiger partial charge on any atom is 0.225 e. The molecule has 2 rings (SSSR count). The first-order chi connectivity index (χ1) is 9.66. The molecule has 1 amide bonds. The van der Waals surface area contributed by atoms with Gasteiger partial charge in [-0.2, -0.15) is 0 Å². The van der Waals surface area contributed by atoms with Gasteiger partial charge in [0, 0.05) is 18.1 Å². The third-order valence-corrected chi connectivity index (χ3v) is 3.90. The van der Waals surface area contributed by atoms with Crippen LogP contribution in [-0.2, 0) is 4.79 Å². The van der Waals surface area contributed by atoms with E-state index in [4.69, 9.17) is 16.3 Å². The normalized spacial score (nSPS) is 15.1. The number of rotatable bonds is 5. The Kier molecular flexibility index (Phi) is 7.86. The third kappa shape index (κ3) is 5.73. The largest absolute Gasteiger partial charge is 0.493 e. The fourth-order valence-electron chi connectivity index (χ4n) is 2.36. The first-order valence-electron chi connectivity index (χ1n) is 7.01. The SMILES string of the molecule is CN(C(=O)CCOc1ccc(Cl)cc1)C1CCNCC1.Cl. The van der Waals surface area contributed by atoms with Crippen molar-refractivity contribution in [2.24, 2.45) is 0 Å². The molecule has 0 aromatic heterocycles. The van der Waals surface area contributed by atoms with Crippen molar-refractivity contribution < 1.29 is 9.53 Å². The summed E-state index contributed by atoms with van der Waals surface area (Å²) < 4.78 is 5.55. The molecule has 0 saturated carbocycles. The molecule has 0 unspecified atom stereocenters. The van der Waals surface area contributed by atoms with Gasteiger partial charge >= 0.3 is 0 Å². The average molecular weight is 333 g/mol. The molecular weight excluding hydrogens is 311 g/mol. The van der Waals surface area contributed by atoms with Crippen LogP contribution >= 0.6 is 24.0 Å². The summed E-state index contributed by atoms with van der Waals surface area (Å²) in [6.45, 7) is 2.38. The number of benzene rings is 1. The molecule has 1 N–H and O–H groups in total. The van der Waals surface area contributed by atoms with Gasteiger partial charge in [-0.15, -0.1) is 12.4 Å². The van der Waals surface area contributed by atoms with Crippen molar-refractivity contribution in [1.82, 2.24) is 10.2 Å². The van der Waals surface area contributed by atoms with E-state index in [1.807, 2.05) is 24.1 Å². The Balaban J connectivity index is 0.00000220. The van der Waals surface area contributed by atoms with E-state index < -0.39 is 0 Å². The lowest BCUT2D eigenvalue weighted by atomic mass is 10.1. The highest BCUT2D eigenvalue weighted by atomic mass is 35.5. The second-order valence-electron chi connectivity index (χ2n) is 5.04. The summed E-state index contributed by atoms with van der Waals surface area (Å²) in [4.78, 5) is 14.0. The predicted molar refractivity (Wildman–Crippen MR) is 87.5 cm³/mol.